The highest BCUT2D eigenvalue weighted by Crippen LogP contribution is 2.27. The van der Waals surface area contributed by atoms with Crippen LogP contribution in [-0.2, 0) is 4.79 Å². The number of likely N-dealkylation sites (tertiary alicyclic amines) is 1. The number of ether oxygens (including phenoxy) is 1. The van der Waals surface area contributed by atoms with Crippen molar-refractivity contribution in [1.82, 2.24) is 10.2 Å². The Morgan fingerprint density at radius 3 is 2.62 bits per heavy atom. The molecule has 1 aromatic rings. The molecule has 1 aliphatic carbocycles. The maximum absolute atomic E-state index is 12.3. The molecule has 132 valence electrons. The van der Waals surface area contributed by atoms with E-state index in [9.17, 15) is 4.79 Å². The van der Waals surface area contributed by atoms with Crippen LogP contribution < -0.4 is 10.1 Å². The maximum atomic E-state index is 12.3. The fourth-order valence-corrected chi connectivity index (χ4v) is 4.04. The first-order chi connectivity index (χ1) is 11.6. The van der Waals surface area contributed by atoms with Gasteiger partial charge >= 0.3 is 0 Å². The van der Waals surface area contributed by atoms with Gasteiger partial charge in [-0.1, -0.05) is 36.0 Å². The normalized spacial score (nSPS) is 24.8. The molecular weight excluding hydrogens is 347 g/mol. The molecule has 24 heavy (non-hydrogen) atoms. The second kappa shape index (κ2) is 8.41. The van der Waals surface area contributed by atoms with Crippen LogP contribution in [0, 0.1) is 0 Å². The molecule has 0 radical (unpaired) electrons. The van der Waals surface area contributed by atoms with Gasteiger partial charge in [0.15, 0.2) is 6.61 Å². The lowest BCUT2D eigenvalue weighted by Crippen LogP contribution is -2.53. The molecule has 1 aromatic carbocycles. The Hall–Kier alpha value is -0.970. The minimum Gasteiger partial charge on any atom is -0.484 e. The topological polar surface area (TPSA) is 41.6 Å². The zero-order valence-corrected chi connectivity index (χ0v) is 15.3. The summed E-state index contributed by atoms with van der Waals surface area (Å²) in [6.07, 6.45) is 7.23. The van der Waals surface area contributed by atoms with E-state index in [1.165, 1.54) is 32.1 Å². The van der Waals surface area contributed by atoms with Crippen molar-refractivity contribution in [2.24, 2.45) is 0 Å². The minimum absolute atomic E-state index is 0.00117. The van der Waals surface area contributed by atoms with Crippen LogP contribution in [0.1, 0.15) is 38.5 Å². The van der Waals surface area contributed by atoms with E-state index in [-0.39, 0.29) is 18.6 Å². The van der Waals surface area contributed by atoms with Gasteiger partial charge in [-0.25, -0.2) is 0 Å². The molecule has 2 aliphatic rings. The van der Waals surface area contributed by atoms with Crippen molar-refractivity contribution in [1.29, 1.82) is 0 Å². The predicted octanol–water partition coefficient (Wildman–Crippen LogP) is 3.90. The van der Waals surface area contributed by atoms with Gasteiger partial charge in [-0.05, 0) is 50.9 Å². The Morgan fingerprint density at radius 1 is 1.12 bits per heavy atom. The first-order valence-corrected chi connectivity index (χ1v) is 9.50. The molecule has 0 spiro atoms. The zero-order valence-electron chi connectivity index (χ0n) is 13.8. The van der Waals surface area contributed by atoms with Crippen molar-refractivity contribution in [2.45, 2.75) is 50.6 Å². The van der Waals surface area contributed by atoms with Crippen molar-refractivity contribution in [3.8, 4) is 5.75 Å². The highest BCUT2D eigenvalue weighted by atomic mass is 35.5. The first-order valence-electron chi connectivity index (χ1n) is 8.75. The molecule has 4 nitrogen and oxygen atoms in total. The summed E-state index contributed by atoms with van der Waals surface area (Å²) in [5.41, 5.74) is 0. The van der Waals surface area contributed by atoms with Crippen LogP contribution in [0.4, 0.5) is 0 Å². The van der Waals surface area contributed by atoms with Crippen molar-refractivity contribution < 1.29 is 9.53 Å². The average molecular weight is 371 g/mol. The van der Waals surface area contributed by atoms with Gasteiger partial charge in [-0.15, -0.1) is 0 Å². The third-order valence-electron chi connectivity index (χ3n) is 4.95. The molecule has 1 amide bonds. The molecule has 1 aliphatic heterocycles. The van der Waals surface area contributed by atoms with Gasteiger partial charge in [0.25, 0.3) is 5.91 Å². The van der Waals surface area contributed by atoms with Gasteiger partial charge in [0, 0.05) is 18.2 Å². The standard InChI is InChI=1S/C18H24Cl2N2O2/c19-14-8-7-13(11-15(14)20)24-12-18(23)21-16-5-1-2-6-17(16)22-9-3-4-10-22/h7-8,11,16-17H,1-6,9-10,12H2,(H,21,23)/t16-,17-/m1/s1. The first kappa shape index (κ1) is 17.8. The van der Waals surface area contributed by atoms with Crippen molar-refractivity contribution >= 4 is 29.1 Å². The summed E-state index contributed by atoms with van der Waals surface area (Å²) in [6.45, 7) is 2.33. The van der Waals surface area contributed by atoms with Gasteiger partial charge in [0.1, 0.15) is 5.75 Å². The Morgan fingerprint density at radius 2 is 1.88 bits per heavy atom. The number of carbonyl (C=O) groups excluding carboxylic acids is 1. The van der Waals surface area contributed by atoms with Crippen LogP contribution in [0.5, 0.6) is 5.75 Å². The smallest absolute Gasteiger partial charge is 0.258 e. The number of rotatable bonds is 5. The summed E-state index contributed by atoms with van der Waals surface area (Å²) in [7, 11) is 0. The highest BCUT2D eigenvalue weighted by Gasteiger charge is 2.32. The largest absolute Gasteiger partial charge is 0.484 e. The molecule has 6 heteroatoms. The predicted molar refractivity (Wildman–Crippen MR) is 97.0 cm³/mol. The molecule has 2 fully saturated rings. The van der Waals surface area contributed by atoms with Gasteiger partial charge in [0.2, 0.25) is 0 Å². The van der Waals surface area contributed by atoms with Gasteiger partial charge < -0.3 is 10.1 Å². The van der Waals surface area contributed by atoms with Gasteiger partial charge in [-0.3, -0.25) is 9.69 Å². The van der Waals surface area contributed by atoms with Crippen LogP contribution in [0.25, 0.3) is 0 Å². The molecule has 0 unspecified atom stereocenters. The highest BCUT2D eigenvalue weighted by molar-refractivity contribution is 6.42. The molecule has 2 atom stereocenters. The maximum Gasteiger partial charge on any atom is 0.258 e. The quantitative estimate of drug-likeness (QED) is 0.854. The van der Waals surface area contributed by atoms with Crippen LogP contribution in [0.15, 0.2) is 18.2 Å². The molecule has 1 saturated carbocycles. The van der Waals surface area contributed by atoms with Crippen LogP contribution in [-0.4, -0.2) is 42.6 Å². The van der Waals surface area contributed by atoms with Crippen LogP contribution in [0.2, 0.25) is 10.0 Å². The van der Waals surface area contributed by atoms with E-state index in [0.717, 1.165) is 19.5 Å². The second-order valence-corrected chi connectivity index (χ2v) is 7.45. The second-order valence-electron chi connectivity index (χ2n) is 6.63. The number of halogens is 2. The SMILES string of the molecule is O=C(COc1ccc(Cl)c(Cl)c1)N[C@@H]1CCCC[C@H]1N1CCCC1. The summed E-state index contributed by atoms with van der Waals surface area (Å²) in [6, 6.07) is 5.73. The van der Waals surface area contributed by atoms with Gasteiger partial charge in [0.05, 0.1) is 10.0 Å². The zero-order chi connectivity index (χ0) is 16.9. The fourth-order valence-electron chi connectivity index (χ4n) is 3.75. The average Bonchev–Trinajstić information content (AvgIpc) is 3.11. The van der Waals surface area contributed by atoms with Crippen molar-refractivity contribution in [2.75, 3.05) is 19.7 Å². The third kappa shape index (κ3) is 4.56. The van der Waals surface area contributed by atoms with E-state index in [4.69, 9.17) is 27.9 Å². The Balaban J connectivity index is 1.51. The van der Waals surface area contributed by atoms with E-state index in [0.29, 0.717) is 21.8 Å². The fraction of sp³-hybridized carbons (Fsp3) is 0.611. The number of benzene rings is 1. The lowest BCUT2D eigenvalue weighted by Gasteiger charge is -2.38. The van der Waals surface area contributed by atoms with Crippen molar-refractivity contribution in [3.63, 3.8) is 0 Å². The molecule has 0 aromatic heterocycles. The number of nitrogens with one attached hydrogen (secondary N) is 1. The van der Waals surface area contributed by atoms with E-state index in [1.54, 1.807) is 18.2 Å². The summed E-state index contributed by atoms with van der Waals surface area (Å²) < 4.78 is 5.54. The van der Waals surface area contributed by atoms with Crippen LogP contribution >= 0.6 is 23.2 Å². The number of hydrogen-bond acceptors (Lipinski definition) is 3. The number of hydrogen-bond donors (Lipinski definition) is 1. The van der Waals surface area contributed by atoms with E-state index >= 15 is 0 Å². The Bertz CT molecular complexity index is 576. The molecule has 0 bridgehead atoms. The summed E-state index contributed by atoms with van der Waals surface area (Å²) in [5.74, 6) is 0.483. The van der Waals surface area contributed by atoms with Crippen molar-refractivity contribution in [3.05, 3.63) is 28.2 Å². The molecule has 1 N–H and O–H groups in total. The molecule has 3 rings (SSSR count). The van der Waals surface area contributed by atoms with Gasteiger partial charge in [-0.2, -0.15) is 0 Å². The monoisotopic (exact) mass is 370 g/mol. The lowest BCUT2D eigenvalue weighted by atomic mass is 9.89. The number of nitrogens with zero attached hydrogens (tertiary/aromatic N) is 1. The summed E-state index contributed by atoms with van der Waals surface area (Å²) in [4.78, 5) is 14.8. The van der Waals surface area contributed by atoms with E-state index in [1.807, 2.05) is 0 Å². The molecule has 1 heterocycles. The number of carbonyl (C=O) groups is 1. The van der Waals surface area contributed by atoms with E-state index in [2.05, 4.69) is 10.2 Å². The third-order valence-corrected chi connectivity index (χ3v) is 5.69. The molecule has 1 saturated heterocycles. The lowest BCUT2D eigenvalue weighted by molar-refractivity contribution is -0.124. The molecular formula is C18H24Cl2N2O2. The summed E-state index contributed by atoms with van der Waals surface area (Å²) in [5, 5.41) is 4.08. The summed E-state index contributed by atoms with van der Waals surface area (Å²) >= 11 is 11.8. The minimum atomic E-state index is -0.0721. The Labute approximate surface area is 153 Å². The van der Waals surface area contributed by atoms with E-state index < -0.39 is 0 Å². The Kier molecular flexibility index (Phi) is 6.25. The number of amides is 1. The van der Waals surface area contributed by atoms with Crippen LogP contribution in [0.3, 0.4) is 0 Å².